The van der Waals surface area contributed by atoms with Crippen LogP contribution in [0.2, 0.25) is 0 Å². The molecular weight excluding hydrogens is 514 g/mol. The van der Waals surface area contributed by atoms with E-state index in [2.05, 4.69) is 21.6 Å². The van der Waals surface area contributed by atoms with Gasteiger partial charge in [-0.25, -0.2) is 4.79 Å². The van der Waals surface area contributed by atoms with E-state index in [9.17, 15) is 9.59 Å². The molecule has 5 aliphatic rings. The van der Waals surface area contributed by atoms with E-state index in [1.165, 1.54) is 50.5 Å². The first-order valence-electron chi connectivity index (χ1n) is 17.1. The van der Waals surface area contributed by atoms with E-state index < -0.39 is 0 Å². The highest BCUT2D eigenvalue weighted by Crippen LogP contribution is 2.42. The maximum Gasteiger partial charge on any atom is 0.410 e. The van der Waals surface area contributed by atoms with Crippen molar-refractivity contribution < 1.29 is 18.7 Å². The fourth-order valence-corrected chi connectivity index (χ4v) is 8.82. The Morgan fingerprint density at radius 2 is 1.68 bits per heavy atom. The number of likely N-dealkylation sites (tertiary alicyclic amines) is 2. The first kappa shape index (κ1) is 29.1. The van der Waals surface area contributed by atoms with Crippen molar-refractivity contribution in [3.63, 3.8) is 0 Å². The van der Waals surface area contributed by atoms with Gasteiger partial charge in [0.25, 0.3) is 5.91 Å². The Morgan fingerprint density at radius 3 is 2.41 bits per heavy atom. The van der Waals surface area contributed by atoms with Gasteiger partial charge < -0.3 is 19.0 Å². The summed E-state index contributed by atoms with van der Waals surface area (Å²) in [6.45, 7) is 9.61. The summed E-state index contributed by atoms with van der Waals surface area (Å²) in [5, 5.41) is 0. The Balaban J connectivity index is 1.04. The molecule has 1 aromatic heterocycles. The van der Waals surface area contributed by atoms with Gasteiger partial charge in [0.05, 0.1) is 5.56 Å². The van der Waals surface area contributed by atoms with E-state index in [4.69, 9.17) is 9.15 Å². The van der Waals surface area contributed by atoms with Crippen LogP contribution in [-0.2, 0) is 17.6 Å². The standard InChI is InChI=1S/C34H53N3O4/c1-3-4-12-27-24-37(23-26-10-6-5-7-11-26)33(39)41-34(27)17-21-35(22-18-34)28-15-19-36(20-16-28)32(38)31-25(2)40-30-14-9-8-13-29(30)31/h26-28H,3-24H2,1-2H3. The lowest BCUT2D eigenvalue weighted by molar-refractivity contribution is -0.127. The predicted molar refractivity (Wildman–Crippen MR) is 160 cm³/mol. The lowest BCUT2D eigenvalue weighted by Gasteiger charge is -2.52. The molecule has 1 spiro atoms. The van der Waals surface area contributed by atoms with Crippen LogP contribution in [0.25, 0.3) is 0 Å². The number of fused-ring (bicyclic) bond motifs is 1. The van der Waals surface area contributed by atoms with Crippen molar-refractivity contribution in [2.24, 2.45) is 11.8 Å². The molecule has 4 heterocycles. The van der Waals surface area contributed by atoms with Crippen molar-refractivity contribution in [1.29, 1.82) is 0 Å². The molecule has 0 radical (unpaired) electrons. The van der Waals surface area contributed by atoms with Crippen molar-refractivity contribution >= 4 is 12.0 Å². The Bertz CT molecular complexity index is 1060. The van der Waals surface area contributed by atoms with Gasteiger partial charge in [0.1, 0.15) is 17.1 Å². The molecule has 2 amide bonds. The first-order valence-corrected chi connectivity index (χ1v) is 17.1. The summed E-state index contributed by atoms with van der Waals surface area (Å²) >= 11 is 0. The molecule has 7 heteroatoms. The fraction of sp³-hybridized carbons (Fsp3) is 0.824. The summed E-state index contributed by atoms with van der Waals surface area (Å²) in [4.78, 5) is 33.6. The van der Waals surface area contributed by atoms with E-state index in [0.29, 0.717) is 17.9 Å². The van der Waals surface area contributed by atoms with Gasteiger partial charge in [-0.15, -0.1) is 0 Å². The molecule has 0 aromatic carbocycles. The first-order chi connectivity index (χ1) is 20.0. The largest absolute Gasteiger partial charge is 0.465 e. The highest BCUT2D eigenvalue weighted by molar-refractivity contribution is 5.97. The van der Waals surface area contributed by atoms with Crippen molar-refractivity contribution in [3.05, 3.63) is 22.6 Å². The van der Waals surface area contributed by atoms with Crippen LogP contribution in [0, 0.1) is 18.8 Å². The summed E-state index contributed by atoms with van der Waals surface area (Å²) in [5.74, 6) is 3.12. The number of rotatable bonds is 7. The Hall–Kier alpha value is -2.02. The number of ether oxygens (including phenoxy) is 1. The molecule has 3 aliphatic heterocycles. The van der Waals surface area contributed by atoms with Gasteiger partial charge in [-0.1, -0.05) is 39.0 Å². The zero-order valence-electron chi connectivity index (χ0n) is 25.8. The number of nitrogens with zero attached hydrogens (tertiary/aromatic N) is 3. The summed E-state index contributed by atoms with van der Waals surface area (Å²) in [6.07, 6.45) is 18.2. The normalized spacial score (nSPS) is 26.3. The molecule has 1 atom stereocenters. The summed E-state index contributed by atoms with van der Waals surface area (Å²) in [7, 11) is 0. The Kier molecular flexibility index (Phi) is 9.00. The van der Waals surface area contributed by atoms with Crippen LogP contribution in [0.5, 0.6) is 0 Å². The second-order valence-corrected chi connectivity index (χ2v) is 13.9. The van der Waals surface area contributed by atoms with Crippen LogP contribution >= 0.6 is 0 Å². The molecule has 7 nitrogen and oxygen atoms in total. The summed E-state index contributed by atoms with van der Waals surface area (Å²) in [6, 6.07) is 0.506. The van der Waals surface area contributed by atoms with Crippen LogP contribution in [0.3, 0.4) is 0 Å². The summed E-state index contributed by atoms with van der Waals surface area (Å²) < 4.78 is 12.5. The topological polar surface area (TPSA) is 66.2 Å². The molecule has 6 rings (SSSR count). The third-order valence-corrected chi connectivity index (χ3v) is 11.3. The van der Waals surface area contributed by atoms with Crippen molar-refractivity contribution in [2.45, 2.75) is 128 Å². The maximum absolute atomic E-state index is 13.5. The third-order valence-electron chi connectivity index (χ3n) is 11.3. The molecule has 1 saturated carbocycles. The monoisotopic (exact) mass is 567 g/mol. The maximum atomic E-state index is 13.5. The molecule has 1 aromatic rings. The average molecular weight is 568 g/mol. The number of hydrogen-bond acceptors (Lipinski definition) is 5. The molecule has 4 fully saturated rings. The van der Waals surface area contributed by atoms with Crippen molar-refractivity contribution in [3.8, 4) is 0 Å². The van der Waals surface area contributed by atoms with Gasteiger partial charge >= 0.3 is 6.09 Å². The van der Waals surface area contributed by atoms with Crippen LogP contribution in [0.1, 0.15) is 124 Å². The van der Waals surface area contributed by atoms with Crippen LogP contribution in [0.4, 0.5) is 4.79 Å². The number of carbonyl (C=O) groups is 2. The average Bonchev–Trinajstić information content (AvgIpc) is 3.34. The fourth-order valence-electron chi connectivity index (χ4n) is 8.82. The number of amides is 2. The predicted octanol–water partition coefficient (Wildman–Crippen LogP) is 6.74. The van der Waals surface area contributed by atoms with E-state index >= 15 is 0 Å². The number of hydrogen-bond donors (Lipinski definition) is 0. The van der Waals surface area contributed by atoms with Crippen molar-refractivity contribution in [1.82, 2.24) is 14.7 Å². The zero-order chi connectivity index (χ0) is 28.4. The second kappa shape index (κ2) is 12.7. The molecule has 2 aliphatic carbocycles. The zero-order valence-corrected chi connectivity index (χ0v) is 25.8. The molecule has 3 saturated heterocycles. The number of aryl methyl sites for hydroxylation is 2. The van der Waals surface area contributed by atoms with Crippen molar-refractivity contribution in [2.75, 3.05) is 39.3 Å². The minimum absolute atomic E-state index is 0.0553. The lowest BCUT2D eigenvalue weighted by Crippen LogP contribution is -2.61. The molecule has 41 heavy (non-hydrogen) atoms. The molecular formula is C34H53N3O4. The highest BCUT2D eigenvalue weighted by atomic mass is 16.6. The van der Waals surface area contributed by atoms with Gasteiger partial charge in [-0.05, 0) is 64.2 Å². The van der Waals surface area contributed by atoms with Gasteiger partial charge in [0, 0.05) is 76.1 Å². The second-order valence-electron chi connectivity index (χ2n) is 13.9. The quantitative estimate of drug-likeness (QED) is 0.365. The number of furan rings is 1. The minimum atomic E-state index is -0.291. The molecule has 228 valence electrons. The van der Waals surface area contributed by atoms with Gasteiger partial charge in [-0.3, -0.25) is 9.69 Å². The highest BCUT2D eigenvalue weighted by Gasteiger charge is 2.50. The smallest absolute Gasteiger partial charge is 0.410 e. The Morgan fingerprint density at radius 1 is 0.951 bits per heavy atom. The van der Waals surface area contributed by atoms with Gasteiger partial charge in [0.15, 0.2) is 0 Å². The van der Waals surface area contributed by atoms with Crippen LogP contribution in [0.15, 0.2) is 4.42 Å². The van der Waals surface area contributed by atoms with Crippen LogP contribution in [-0.4, -0.2) is 77.6 Å². The molecule has 1 unspecified atom stereocenters. The molecule has 0 bridgehead atoms. The number of unbranched alkanes of at least 4 members (excludes halogenated alkanes) is 1. The van der Waals surface area contributed by atoms with E-state index in [-0.39, 0.29) is 17.6 Å². The van der Waals surface area contributed by atoms with E-state index in [0.717, 1.165) is 114 Å². The van der Waals surface area contributed by atoms with Crippen LogP contribution < -0.4 is 0 Å². The third kappa shape index (κ3) is 6.07. The number of carbonyl (C=O) groups excluding carboxylic acids is 2. The van der Waals surface area contributed by atoms with E-state index in [1.54, 1.807) is 0 Å². The summed E-state index contributed by atoms with van der Waals surface area (Å²) in [5.41, 5.74) is 1.74. The lowest BCUT2D eigenvalue weighted by atomic mass is 9.75. The SMILES string of the molecule is CCCCC1CN(CC2CCCCC2)C(=O)OC12CCN(C1CCN(C(=O)c3c(C)oc4c3CCCC4)CC1)CC2. The van der Waals surface area contributed by atoms with Gasteiger partial charge in [0.2, 0.25) is 0 Å². The minimum Gasteiger partial charge on any atom is -0.465 e. The molecule has 0 N–H and O–H groups in total. The van der Waals surface area contributed by atoms with Gasteiger partial charge in [-0.2, -0.15) is 0 Å². The van der Waals surface area contributed by atoms with E-state index in [1.807, 2.05) is 6.92 Å². The Labute approximate surface area is 247 Å². The number of piperidine rings is 2.